The third-order valence-corrected chi connectivity index (χ3v) is 4.47. The summed E-state index contributed by atoms with van der Waals surface area (Å²) in [6, 6.07) is 9.89. The van der Waals surface area contributed by atoms with Gasteiger partial charge in [0.05, 0.1) is 0 Å². The molecule has 0 heterocycles. The zero-order valence-electron chi connectivity index (χ0n) is 10.2. The molecular weight excluding hydrogens is 214 g/mol. The van der Waals surface area contributed by atoms with Crippen molar-refractivity contribution in [2.75, 3.05) is 13.3 Å². The van der Waals surface area contributed by atoms with E-state index in [0.29, 0.717) is 0 Å². The quantitative estimate of drug-likeness (QED) is 0.803. The van der Waals surface area contributed by atoms with Gasteiger partial charge in [-0.05, 0) is 62.6 Å². The van der Waals surface area contributed by atoms with Gasteiger partial charge in [-0.25, -0.2) is 0 Å². The Bertz CT molecular complexity index is 312. The fourth-order valence-corrected chi connectivity index (χ4v) is 3.00. The maximum absolute atomic E-state index is 3.39. The average Bonchev–Trinajstić information content (AvgIpc) is 2.39. The van der Waals surface area contributed by atoms with Crippen molar-refractivity contribution in [3.63, 3.8) is 0 Å². The van der Waals surface area contributed by atoms with Crippen molar-refractivity contribution in [3.05, 3.63) is 29.8 Å². The van der Waals surface area contributed by atoms with Crippen LogP contribution < -0.4 is 5.32 Å². The van der Waals surface area contributed by atoms with Gasteiger partial charge >= 0.3 is 0 Å². The molecule has 0 spiro atoms. The molecule has 1 aliphatic rings. The highest BCUT2D eigenvalue weighted by molar-refractivity contribution is 7.98. The first-order chi connectivity index (χ1) is 7.83. The Hall–Kier alpha value is -0.470. The second kappa shape index (κ2) is 5.74. The molecule has 0 atom stereocenters. The van der Waals surface area contributed by atoms with Gasteiger partial charge in [-0.2, -0.15) is 0 Å². The third kappa shape index (κ3) is 2.80. The number of rotatable bonds is 3. The van der Waals surface area contributed by atoms with Crippen LogP contribution in [0.15, 0.2) is 29.2 Å². The lowest BCUT2D eigenvalue weighted by molar-refractivity contribution is 0.358. The van der Waals surface area contributed by atoms with Crippen molar-refractivity contribution >= 4 is 11.8 Å². The van der Waals surface area contributed by atoms with Crippen molar-refractivity contribution in [1.29, 1.82) is 0 Å². The summed E-state index contributed by atoms with van der Waals surface area (Å²) in [5.74, 6) is 0.792. The van der Waals surface area contributed by atoms with Gasteiger partial charge in [-0.1, -0.05) is 12.1 Å². The molecule has 1 aromatic carbocycles. The van der Waals surface area contributed by atoms with Gasteiger partial charge in [0, 0.05) is 10.9 Å². The van der Waals surface area contributed by atoms with E-state index in [2.05, 4.69) is 42.9 Å². The molecule has 0 amide bonds. The van der Waals surface area contributed by atoms with Crippen LogP contribution in [0, 0.1) is 0 Å². The second-order valence-corrected chi connectivity index (χ2v) is 5.49. The molecular formula is C14H21NS. The second-order valence-electron chi connectivity index (χ2n) is 4.61. The average molecular weight is 235 g/mol. The van der Waals surface area contributed by atoms with Gasteiger partial charge in [0.25, 0.3) is 0 Å². The van der Waals surface area contributed by atoms with Crippen molar-refractivity contribution < 1.29 is 0 Å². The van der Waals surface area contributed by atoms with Gasteiger partial charge in [0.1, 0.15) is 0 Å². The maximum Gasteiger partial charge on any atom is 0.00693 e. The van der Waals surface area contributed by atoms with Crippen LogP contribution in [0.3, 0.4) is 0 Å². The summed E-state index contributed by atoms with van der Waals surface area (Å²) in [4.78, 5) is 1.37. The van der Waals surface area contributed by atoms with E-state index >= 15 is 0 Å². The standard InChI is InChI=1S/C14H21NS/c1-15-13-7-3-11(4-8-13)12-5-9-14(16-2)10-6-12/h5-6,9-11,13,15H,3-4,7-8H2,1-2H3. The molecule has 1 aromatic rings. The summed E-state index contributed by atoms with van der Waals surface area (Å²) in [5, 5.41) is 3.39. The molecule has 1 nitrogen and oxygen atoms in total. The normalized spacial score (nSPS) is 25.6. The minimum Gasteiger partial charge on any atom is -0.317 e. The fourth-order valence-electron chi connectivity index (χ4n) is 2.59. The molecule has 88 valence electrons. The summed E-state index contributed by atoms with van der Waals surface area (Å²) in [7, 11) is 2.08. The largest absolute Gasteiger partial charge is 0.317 e. The highest BCUT2D eigenvalue weighted by Gasteiger charge is 2.20. The Kier molecular flexibility index (Phi) is 4.30. The predicted molar refractivity (Wildman–Crippen MR) is 72.3 cm³/mol. The van der Waals surface area contributed by atoms with Crippen molar-refractivity contribution in [1.82, 2.24) is 5.32 Å². The lowest BCUT2D eigenvalue weighted by atomic mass is 9.82. The lowest BCUT2D eigenvalue weighted by Gasteiger charge is -2.28. The molecule has 0 bridgehead atoms. The van der Waals surface area contributed by atoms with Gasteiger partial charge in [-0.15, -0.1) is 11.8 Å². The SMILES string of the molecule is CNC1CCC(c2ccc(SC)cc2)CC1. The van der Waals surface area contributed by atoms with Gasteiger partial charge in [0.2, 0.25) is 0 Å². The molecule has 0 aromatic heterocycles. The highest BCUT2D eigenvalue weighted by atomic mass is 32.2. The molecule has 2 rings (SSSR count). The third-order valence-electron chi connectivity index (χ3n) is 3.72. The minimum absolute atomic E-state index is 0.752. The molecule has 1 saturated carbocycles. The van der Waals surface area contributed by atoms with Crippen molar-refractivity contribution in [3.8, 4) is 0 Å². The van der Waals surface area contributed by atoms with Crippen LogP contribution in [0.2, 0.25) is 0 Å². The molecule has 1 fully saturated rings. The number of hydrogen-bond donors (Lipinski definition) is 1. The summed E-state index contributed by atoms with van der Waals surface area (Å²) in [5.41, 5.74) is 1.53. The van der Waals surface area contributed by atoms with E-state index < -0.39 is 0 Å². The van der Waals surface area contributed by atoms with E-state index in [1.807, 2.05) is 11.8 Å². The van der Waals surface area contributed by atoms with Crippen LogP contribution in [0.5, 0.6) is 0 Å². The first kappa shape index (κ1) is 12.0. The Labute approximate surface area is 103 Å². The van der Waals surface area contributed by atoms with Crippen LogP contribution in [0.1, 0.15) is 37.2 Å². The van der Waals surface area contributed by atoms with Crippen LogP contribution >= 0.6 is 11.8 Å². The van der Waals surface area contributed by atoms with Gasteiger partial charge < -0.3 is 5.32 Å². The van der Waals surface area contributed by atoms with E-state index in [4.69, 9.17) is 0 Å². The molecule has 1 aliphatic carbocycles. The molecule has 16 heavy (non-hydrogen) atoms. The maximum atomic E-state index is 3.39. The first-order valence-corrected chi connectivity index (χ1v) is 7.37. The Morgan fingerprint density at radius 1 is 1.06 bits per heavy atom. The monoisotopic (exact) mass is 235 g/mol. The number of hydrogen-bond acceptors (Lipinski definition) is 2. The number of nitrogens with one attached hydrogen (secondary N) is 1. The zero-order chi connectivity index (χ0) is 11.4. The molecule has 2 heteroatoms. The van der Waals surface area contributed by atoms with Crippen LogP contribution in [-0.2, 0) is 0 Å². The number of thioether (sulfide) groups is 1. The lowest BCUT2D eigenvalue weighted by Crippen LogP contribution is -2.29. The number of benzene rings is 1. The highest BCUT2D eigenvalue weighted by Crippen LogP contribution is 2.33. The zero-order valence-corrected chi connectivity index (χ0v) is 11.0. The predicted octanol–water partition coefficient (Wildman–Crippen LogP) is 3.65. The van der Waals surface area contributed by atoms with Gasteiger partial charge in [-0.3, -0.25) is 0 Å². The van der Waals surface area contributed by atoms with Crippen molar-refractivity contribution in [2.24, 2.45) is 0 Å². The molecule has 0 radical (unpaired) electrons. The molecule has 0 unspecified atom stereocenters. The van der Waals surface area contributed by atoms with E-state index in [-0.39, 0.29) is 0 Å². The molecule has 0 saturated heterocycles. The van der Waals surface area contributed by atoms with Crippen LogP contribution in [0.4, 0.5) is 0 Å². The Morgan fingerprint density at radius 2 is 1.69 bits per heavy atom. The summed E-state index contributed by atoms with van der Waals surface area (Å²) in [6.45, 7) is 0. The fraction of sp³-hybridized carbons (Fsp3) is 0.571. The van der Waals surface area contributed by atoms with Crippen LogP contribution in [0.25, 0.3) is 0 Å². The summed E-state index contributed by atoms with van der Waals surface area (Å²) < 4.78 is 0. The van der Waals surface area contributed by atoms with E-state index in [1.54, 1.807) is 0 Å². The van der Waals surface area contributed by atoms with E-state index in [9.17, 15) is 0 Å². The van der Waals surface area contributed by atoms with Crippen molar-refractivity contribution in [2.45, 2.75) is 42.5 Å². The molecule has 0 aliphatic heterocycles. The minimum atomic E-state index is 0.752. The van der Waals surface area contributed by atoms with Crippen LogP contribution in [-0.4, -0.2) is 19.3 Å². The Balaban J connectivity index is 1.97. The smallest absolute Gasteiger partial charge is 0.00693 e. The summed E-state index contributed by atoms with van der Waals surface area (Å²) in [6.07, 6.45) is 7.46. The van der Waals surface area contributed by atoms with E-state index in [0.717, 1.165) is 12.0 Å². The van der Waals surface area contributed by atoms with Gasteiger partial charge in [0.15, 0.2) is 0 Å². The Morgan fingerprint density at radius 3 is 2.19 bits per heavy atom. The topological polar surface area (TPSA) is 12.0 Å². The van der Waals surface area contributed by atoms with E-state index in [1.165, 1.54) is 36.1 Å². The molecule has 1 N–H and O–H groups in total. The summed E-state index contributed by atoms with van der Waals surface area (Å²) >= 11 is 1.82. The first-order valence-electron chi connectivity index (χ1n) is 6.14.